The lowest BCUT2D eigenvalue weighted by atomic mass is 10.2. The highest BCUT2D eigenvalue weighted by atomic mass is 32.2. The van der Waals surface area contributed by atoms with Crippen LogP contribution in [0.3, 0.4) is 0 Å². The number of aryl methyl sites for hydroxylation is 2. The van der Waals surface area contributed by atoms with Crippen molar-refractivity contribution in [1.29, 1.82) is 0 Å². The van der Waals surface area contributed by atoms with E-state index in [2.05, 4.69) is 10.3 Å². The summed E-state index contributed by atoms with van der Waals surface area (Å²) in [4.78, 5) is 17.4. The Morgan fingerprint density at radius 1 is 1.09 bits per heavy atom. The first kappa shape index (κ1) is 24.0. The van der Waals surface area contributed by atoms with Crippen LogP contribution in [0, 0.1) is 0 Å². The molecular weight excluding hydrogens is 456 g/mol. The highest BCUT2D eigenvalue weighted by molar-refractivity contribution is 7.89. The van der Waals surface area contributed by atoms with Crippen molar-refractivity contribution in [1.82, 2.24) is 13.9 Å². The van der Waals surface area contributed by atoms with Gasteiger partial charge in [0.05, 0.1) is 29.1 Å². The van der Waals surface area contributed by atoms with Gasteiger partial charge in [0.15, 0.2) is 11.5 Å². The largest absolute Gasteiger partial charge is 0.490 e. The van der Waals surface area contributed by atoms with Crippen LogP contribution in [-0.2, 0) is 28.3 Å². The molecule has 0 fully saturated rings. The molecule has 0 bridgehead atoms. The summed E-state index contributed by atoms with van der Waals surface area (Å²) in [6.07, 6.45) is 1.47. The van der Waals surface area contributed by atoms with Crippen LogP contribution in [0.1, 0.15) is 32.5 Å². The lowest BCUT2D eigenvalue weighted by Gasteiger charge is -2.18. The van der Waals surface area contributed by atoms with E-state index in [1.54, 1.807) is 36.4 Å². The zero-order valence-electron chi connectivity index (χ0n) is 19.7. The molecule has 2 aromatic carbocycles. The van der Waals surface area contributed by atoms with E-state index in [0.717, 1.165) is 11.9 Å². The molecule has 0 saturated heterocycles. The molecule has 0 atom stereocenters. The number of fused-ring (bicyclic) bond motifs is 2. The van der Waals surface area contributed by atoms with E-state index < -0.39 is 10.0 Å². The highest BCUT2D eigenvalue weighted by Crippen LogP contribution is 2.32. The molecule has 182 valence electrons. The van der Waals surface area contributed by atoms with Crippen LogP contribution in [0.15, 0.2) is 41.3 Å². The molecule has 9 nitrogen and oxygen atoms in total. The molecule has 1 aliphatic heterocycles. The molecule has 0 radical (unpaired) electrons. The number of carbonyl (C=O) groups is 1. The molecule has 2 heterocycles. The molecule has 10 heteroatoms. The minimum atomic E-state index is -3.56. The van der Waals surface area contributed by atoms with Gasteiger partial charge < -0.3 is 19.4 Å². The van der Waals surface area contributed by atoms with Crippen LogP contribution < -0.4 is 14.8 Å². The number of anilines is 1. The van der Waals surface area contributed by atoms with Gasteiger partial charge >= 0.3 is 0 Å². The maximum absolute atomic E-state index is 12.8. The van der Waals surface area contributed by atoms with Crippen molar-refractivity contribution in [3.05, 3.63) is 42.2 Å². The van der Waals surface area contributed by atoms with Crippen molar-refractivity contribution in [2.75, 3.05) is 31.6 Å². The highest BCUT2D eigenvalue weighted by Gasteiger charge is 2.23. The van der Waals surface area contributed by atoms with Gasteiger partial charge in [-0.2, -0.15) is 4.31 Å². The Morgan fingerprint density at radius 3 is 2.56 bits per heavy atom. The van der Waals surface area contributed by atoms with Crippen molar-refractivity contribution in [2.24, 2.45) is 7.05 Å². The van der Waals surface area contributed by atoms with Gasteiger partial charge in [-0.1, -0.05) is 13.8 Å². The third-order valence-electron chi connectivity index (χ3n) is 5.90. The number of nitrogens with zero attached hydrogens (tertiary/aromatic N) is 3. The second-order valence-electron chi connectivity index (χ2n) is 8.09. The summed E-state index contributed by atoms with van der Waals surface area (Å²) in [5, 5.41) is 2.89. The molecule has 34 heavy (non-hydrogen) atoms. The van der Waals surface area contributed by atoms with Crippen LogP contribution in [0.4, 0.5) is 5.69 Å². The molecule has 1 N–H and O–H groups in total. The Bertz CT molecular complexity index is 1300. The number of rotatable bonds is 8. The van der Waals surface area contributed by atoms with Gasteiger partial charge in [0.1, 0.15) is 5.82 Å². The van der Waals surface area contributed by atoms with E-state index >= 15 is 0 Å². The maximum atomic E-state index is 12.8. The average molecular weight is 487 g/mol. The SMILES string of the molecule is CCN(CC)S(=O)(=O)c1ccc2c(c1)nc(CCC(=O)Nc1ccc3c(c1)OCCCO3)n2C. The summed E-state index contributed by atoms with van der Waals surface area (Å²) in [7, 11) is -1.70. The van der Waals surface area contributed by atoms with Gasteiger partial charge in [-0.15, -0.1) is 0 Å². The van der Waals surface area contributed by atoms with Crippen LogP contribution in [0.25, 0.3) is 11.0 Å². The molecule has 1 aromatic heterocycles. The van der Waals surface area contributed by atoms with Crippen LogP contribution in [0.5, 0.6) is 11.5 Å². The van der Waals surface area contributed by atoms with Gasteiger partial charge in [-0.3, -0.25) is 4.79 Å². The van der Waals surface area contributed by atoms with Gasteiger partial charge in [0.25, 0.3) is 0 Å². The fraction of sp³-hybridized carbons (Fsp3) is 0.417. The first-order valence-corrected chi connectivity index (χ1v) is 12.9. The van der Waals surface area contributed by atoms with Crippen molar-refractivity contribution >= 4 is 32.7 Å². The molecule has 0 aliphatic carbocycles. The molecule has 0 spiro atoms. The van der Waals surface area contributed by atoms with E-state index in [-0.39, 0.29) is 17.2 Å². The quantitative estimate of drug-likeness (QED) is 0.524. The van der Waals surface area contributed by atoms with Crippen LogP contribution >= 0.6 is 0 Å². The summed E-state index contributed by atoms with van der Waals surface area (Å²) in [6, 6.07) is 10.3. The summed E-state index contributed by atoms with van der Waals surface area (Å²) in [5.74, 6) is 1.87. The van der Waals surface area contributed by atoms with E-state index in [0.29, 0.717) is 61.3 Å². The van der Waals surface area contributed by atoms with Crippen molar-refractivity contribution in [3.63, 3.8) is 0 Å². The topological polar surface area (TPSA) is 103 Å². The number of sulfonamides is 1. The standard InChI is InChI=1S/C24H30N4O5S/c1-4-28(5-2)34(30,31)18-8-9-20-19(16-18)26-23(27(20)3)11-12-24(29)25-17-7-10-21-22(15-17)33-14-6-13-32-21/h7-10,15-16H,4-6,11-14H2,1-3H3,(H,25,29). The average Bonchev–Trinajstić information content (AvgIpc) is 2.97. The predicted octanol–water partition coefficient (Wildman–Crippen LogP) is 3.34. The van der Waals surface area contributed by atoms with Crippen molar-refractivity contribution < 1.29 is 22.7 Å². The smallest absolute Gasteiger partial charge is 0.243 e. The number of benzene rings is 2. The number of amides is 1. The minimum Gasteiger partial charge on any atom is -0.490 e. The molecule has 3 aromatic rings. The number of nitrogens with one attached hydrogen (secondary N) is 1. The zero-order chi connectivity index (χ0) is 24.3. The van der Waals surface area contributed by atoms with Crippen LogP contribution in [0.2, 0.25) is 0 Å². The van der Waals surface area contributed by atoms with Crippen molar-refractivity contribution in [3.8, 4) is 11.5 Å². The number of hydrogen-bond donors (Lipinski definition) is 1. The Labute approximate surface area is 199 Å². The minimum absolute atomic E-state index is 0.147. The fourth-order valence-corrected chi connectivity index (χ4v) is 5.49. The first-order chi connectivity index (χ1) is 16.3. The third-order valence-corrected chi connectivity index (χ3v) is 7.94. The molecule has 0 saturated carbocycles. The van der Waals surface area contributed by atoms with Crippen LogP contribution in [-0.4, -0.2) is 54.5 Å². The van der Waals surface area contributed by atoms with Gasteiger partial charge in [0, 0.05) is 51.2 Å². The third kappa shape index (κ3) is 4.88. The van der Waals surface area contributed by atoms with Crippen molar-refractivity contribution in [2.45, 2.75) is 38.0 Å². The van der Waals surface area contributed by atoms with Gasteiger partial charge in [0.2, 0.25) is 15.9 Å². The predicted molar refractivity (Wildman–Crippen MR) is 130 cm³/mol. The number of hydrogen-bond acceptors (Lipinski definition) is 6. The lowest BCUT2D eigenvalue weighted by Crippen LogP contribution is -2.30. The summed E-state index contributed by atoms with van der Waals surface area (Å²) in [5.41, 5.74) is 2.05. The summed E-state index contributed by atoms with van der Waals surface area (Å²) in [6.45, 7) is 5.63. The Balaban J connectivity index is 1.45. The lowest BCUT2D eigenvalue weighted by molar-refractivity contribution is -0.116. The maximum Gasteiger partial charge on any atom is 0.243 e. The first-order valence-electron chi connectivity index (χ1n) is 11.5. The second kappa shape index (κ2) is 10.0. The van der Waals surface area contributed by atoms with Gasteiger partial charge in [-0.05, 0) is 30.3 Å². The molecule has 0 unspecified atom stereocenters. The number of carbonyl (C=O) groups excluding carboxylic acids is 1. The van der Waals surface area contributed by atoms with E-state index in [4.69, 9.17) is 9.47 Å². The normalized spacial score (nSPS) is 13.8. The molecular formula is C24H30N4O5S. The molecule has 4 rings (SSSR count). The number of ether oxygens (including phenoxy) is 2. The Morgan fingerprint density at radius 2 is 1.82 bits per heavy atom. The molecule has 1 amide bonds. The zero-order valence-corrected chi connectivity index (χ0v) is 20.5. The second-order valence-corrected chi connectivity index (χ2v) is 10.0. The summed E-state index contributed by atoms with van der Waals surface area (Å²) < 4.78 is 40.3. The fourth-order valence-electron chi connectivity index (χ4n) is 4.02. The van der Waals surface area contributed by atoms with E-state index in [1.165, 1.54) is 4.31 Å². The van der Waals surface area contributed by atoms with E-state index in [9.17, 15) is 13.2 Å². The van der Waals surface area contributed by atoms with E-state index in [1.807, 2.05) is 25.5 Å². The van der Waals surface area contributed by atoms with Gasteiger partial charge in [-0.25, -0.2) is 13.4 Å². The Kier molecular flexibility index (Phi) is 7.08. The molecule has 1 aliphatic rings. The number of aromatic nitrogens is 2. The Hall–Kier alpha value is -3.11. The summed E-state index contributed by atoms with van der Waals surface area (Å²) >= 11 is 0. The monoisotopic (exact) mass is 486 g/mol. The number of imidazole rings is 1.